The molecule has 10 heavy (non-hydrogen) atoms. The number of aliphatic hydroxyl groups is 1. The van der Waals surface area contributed by atoms with Gasteiger partial charge in [0.25, 0.3) is 0 Å². The van der Waals surface area contributed by atoms with E-state index in [1.165, 1.54) is 0 Å². The fourth-order valence-corrected chi connectivity index (χ4v) is 1.22. The van der Waals surface area contributed by atoms with Crippen LogP contribution in [-0.4, -0.2) is 41.0 Å². The zero-order valence-electron chi connectivity index (χ0n) is 5.59. The van der Waals surface area contributed by atoms with E-state index in [1.807, 2.05) is 0 Å². The lowest BCUT2D eigenvalue weighted by molar-refractivity contribution is -0.127. The Labute approximate surface area is 64.6 Å². The van der Waals surface area contributed by atoms with E-state index >= 15 is 0 Å². The molecule has 0 aromatic carbocycles. The number of halogens is 1. The Hall–Kier alpha value is -0.280. The van der Waals surface area contributed by atoms with Crippen molar-refractivity contribution in [2.75, 3.05) is 19.0 Å². The number of carbonyl (C=O) groups is 1. The number of amides is 1. The fraction of sp³-hybridized carbons (Fsp3) is 0.833. The Kier molecular flexibility index (Phi) is 2.51. The van der Waals surface area contributed by atoms with Crippen molar-refractivity contribution in [3.05, 3.63) is 0 Å². The summed E-state index contributed by atoms with van der Waals surface area (Å²) in [6.07, 6.45) is 0.343. The SMILES string of the molecule is O=C(CCl)N1CC[C@@H](O)C1. The minimum atomic E-state index is -0.341. The smallest absolute Gasteiger partial charge is 0.237 e. The Morgan fingerprint density at radius 3 is 2.90 bits per heavy atom. The molecule has 3 nitrogen and oxygen atoms in total. The van der Waals surface area contributed by atoms with Gasteiger partial charge in [-0.15, -0.1) is 11.6 Å². The quantitative estimate of drug-likeness (QED) is 0.545. The van der Waals surface area contributed by atoms with Crippen LogP contribution in [0.4, 0.5) is 0 Å². The Bertz CT molecular complexity index is 140. The first-order chi connectivity index (χ1) is 4.74. The summed E-state index contributed by atoms with van der Waals surface area (Å²) in [5.74, 6) is -0.0644. The van der Waals surface area contributed by atoms with Gasteiger partial charge in [0.2, 0.25) is 5.91 Å². The highest BCUT2D eigenvalue weighted by molar-refractivity contribution is 6.27. The zero-order chi connectivity index (χ0) is 7.56. The second-order valence-electron chi connectivity index (χ2n) is 2.42. The average Bonchev–Trinajstić information content (AvgIpc) is 2.34. The molecule has 0 radical (unpaired) electrons. The van der Waals surface area contributed by atoms with E-state index < -0.39 is 0 Å². The number of nitrogens with zero attached hydrogens (tertiary/aromatic N) is 1. The minimum absolute atomic E-state index is 0.0206. The third kappa shape index (κ3) is 1.61. The van der Waals surface area contributed by atoms with Gasteiger partial charge < -0.3 is 10.0 Å². The highest BCUT2D eigenvalue weighted by atomic mass is 35.5. The van der Waals surface area contributed by atoms with E-state index in [0.717, 1.165) is 0 Å². The monoisotopic (exact) mass is 163 g/mol. The van der Waals surface area contributed by atoms with E-state index in [1.54, 1.807) is 4.90 Å². The van der Waals surface area contributed by atoms with Crippen LogP contribution in [-0.2, 0) is 4.79 Å². The molecule has 1 aliphatic rings. The van der Waals surface area contributed by atoms with Crippen LogP contribution in [0.3, 0.4) is 0 Å². The largest absolute Gasteiger partial charge is 0.391 e. The average molecular weight is 164 g/mol. The van der Waals surface area contributed by atoms with E-state index in [0.29, 0.717) is 19.5 Å². The highest BCUT2D eigenvalue weighted by Crippen LogP contribution is 2.08. The lowest BCUT2D eigenvalue weighted by atomic mass is 10.3. The maximum absolute atomic E-state index is 10.8. The minimum Gasteiger partial charge on any atom is -0.391 e. The summed E-state index contributed by atoms with van der Waals surface area (Å²) in [6.45, 7) is 1.10. The van der Waals surface area contributed by atoms with Gasteiger partial charge in [-0.2, -0.15) is 0 Å². The molecule has 1 aliphatic heterocycles. The molecule has 0 unspecified atom stereocenters. The van der Waals surface area contributed by atoms with Crippen LogP contribution in [0.2, 0.25) is 0 Å². The predicted octanol–water partition coefficient (Wildman–Crippen LogP) is -0.182. The maximum atomic E-state index is 10.8. The molecule has 1 saturated heterocycles. The van der Waals surface area contributed by atoms with Gasteiger partial charge in [-0.3, -0.25) is 4.79 Å². The molecule has 0 aromatic heterocycles. The van der Waals surface area contributed by atoms with Gasteiger partial charge in [-0.25, -0.2) is 0 Å². The Morgan fingerprint density at radius 1 is 1.80 bits per heavy atom. The van der Waals surface area contributed by atoms with Crippen molar-refractivity contribution in [2.45, 2.75) is 12.5 Å². The lowest BCUT2D eigenvalue weighted by Crippen LogP contribution is -2.30. The Balaban J connectivity index is 2.37. The van der Waals surface area contributed by atoms with Crippen LogP contribution in [0, 0.1) is 0 Å². The van der Waals surface area contributed by atoms with E-state index in [-0.39, 0.29) is 17.9 Å². The molecule has 0 saturated carbocycles. The van der Waals surface area contributed by atoms with Gasteiger partial charge in [0, 0.05) is 13.1 Å². The van der Waals surface area contributed by atoms with Crippen LogP contribution in [0.25, 0.3) is 0 Å². The van der Waals surface area contributed by atoms with Crippen molar-refractivity contribution in [2.24, 2.45) is 0 Å². The van der Waals surface area contributed by atoms with Gasteiger partial charge in [0.1, 0.15) is 5.88 Å². The first kappa shape index (κ1) is 7.82. The number of alkyl halides is 1. The van der Waals surface area contributed by atoms with E-state index in [9.17, 15) is 4.79 Å². The van der Waals surface area contributed by atoms with Crippen molar-refractivity contribution in [1.82, 2.24) is 4.90 Å². The van der Waals surface area contributed by atoms with Crippen molar-refractivity contribution in [1.29, 1.82) is 0 Å². The van der Waals surface area contributed by atoms with Gasteiger partial charge in [-0.1, -0.05) is 0 Å². The van der Waals surface area contributed by atoms with Crippen molar-refractivity contribution < 1.29 is 9.90 Å². The highest BCUT2D eigenvalue weighted by Gasteiger charge is 2.23. The number of likely N-dealkylation sites (tertiary alicyclic amines) is 1. The number of rotatable bonds is 1. The molecule has 1 rings (SSSR count). The molecule has 1 atom stereocenters. The molecule has 1 heterocycles. The predicted molar refractivity (Wildman–Crippen MR) is 37.9 cm³/mol. The van der Waals surface area contributed by atoms with Crippen molar-refractivity contribution in [3.8, 4) is 0 Å². The van der Waals surface area contributed by atoms with Gasteiger partial charge >= 0.3 is 0 Å². The number of hydrogen-bond acceptors (Lipinski definition) is 2. The fourth-order valence-electron chi connectivity index (χ4n) is 1.05. The summed E-state index contributed by atoms with van der Waals surface area (Å²) < 4.78 is 0. The third-order valence-corrected chi connectivity index (χ3v) is 1.86. The number of aliphatic hydroxyl groups excluding tert-OH is 1. The molecule has 0 aliphatic carbocycles. The molecule has 0 spiro atoms. The summed E-state index contributed by atoms with van der Waals surface area (Å²) in [7, 11) is 0. The van der Waals surface area contributed by atoms with Crippen molar-refractivity contribution >= 4 is 17.5 Å². The van der Waals surface area contributed by atoms with Gasteiger partial charge in [0.05, 0.1) is 6.10 Å². The molecule has 58 valence electrons. The summed E-state index contributed by atoms with van der Waals surface area (Å²) in [5, 5.41) is 9.01. The molecule has 4 heteroatoms. The van der Waals surface area contributed by atoms with Crippen LogP contribution in [0.15, 0.2) is 0 Å². The van der Waals surface area contributed by atoms with Gasteiger partial charge in [-0.05, 0) is 6.42 Å². The van der Waals surface area contributed by atoms with Crippen LogP contribution < -0.4 is 0 Å². The molecule has 1 fully saturated rings. The first-order valence-corrected chi connectivity index (χ1v) is 3.79. The summed E-state index contributed by atoms with van der Waals surface area (Å²) in [4.78, 5) is 12.4. The van der Waals surface area contributed by atoms with Crippen LogP contribution >= 0.6 is 11.6 Å². The molecular formula is C6H10ClNO2. The molecular weight excluding hydrogens is 154 g/mol. The third-order valence-electron chi connectivity index (χ3n) is 1.63. The summed E-state index contributed by atoms with van der Waals surface area (Å²) >= 11 is 5.31. The van der Waals surface area contributed by atoms with Gasteiger partial charge in [0.15, 0.2) is 0 Å². The summed E-state index contributed by atoms with van der Waals surface area (Å²) in [5.41, 5.74) is 0. The topological polar surface area (TPSA) is 40.5 Å². The molecule has 0 bridgehead atoms. The van der Waals surface area contributed by atoms with Crippen LogP contribution in [0.1, 0.15) is 6.42 Å². The lowest BCUT2D eigenvalue weighted by Gasteiger charge is -2.12. The summed E-state index contributed by atoms with van der Waals surface area (Å²) in [6, 6.07) is 0. The molecule has 0 aromatic rings. The Morgan fingerprint density at radius 2 is 2.50 bits per heavy atom. The second kappa shape index (κ2) is 3.21. The number of carbonyl (C=O) groups excluding carboxylic acids is 1. The maximum Gasteiger partial charge on any atom is 0.237 e. The van der Waals surface area contributed by atoms with Crippen LogP contribution in [0.5, 0.6) is 0 Å². The first-order valence-electron chi connectivity index (χ1n) is 3.26. The van der Waals surface area contributed by atoms with Crippen molar-refractivity contribution in [3.63, 3.8) is 0 Å². The number of hydrogen-bond donors (Lipinski definition) is 1. The zero-order valence-corrected chi connectivity index (χ0v) is 6.34. The second-order valence-corrected chi connectivity index (χ2v) is 2.68. The molecule has 1 N–H and O–H groups in total. The van der Waals surface area contributed by atoms with E-state index in [2.05, 4.69) is 0 Å². The standard InChI is InChI=1S/C6H10ClNO2/c7-3-6(10)8-2-1-5(9)4-8/h5,9H,1-4H2/t5-/m1/s1. The number of β-amino-alcohol motifs (C(OH)–C–C–N with tert-alkyl or cyclic N) is 1. The molecule has 1 amide bonds. The van der Waals surface area contributed by atoms with E-state index in [4.69, 9.17) is 16.7 Å². The normalized spacial score (nSPS) is 25.4.